The minimum Gasteiger partial charge on any atom is -0.356 e. The Morgan fingerprint density at radius 2 is 2.07 bits per heavy atom. The standard InChI is InChI=1S/C22H15N5O2S/c1-13-4-7-19(24-10-13)26-21(28)14-5-6-18-16(9-14)20(27-29-18)17-12-30-22(25-17)15-3-2-8-23-11-15/h2-12H,1H3,(H,24,26,28). The Balaban J connectivity index is 1.47. The molecule has 0 fully saturated rings. The number of thiazole rings is 1. The van der Waals surface area contributed by atoms with E-state index in [-0.39, 0.29) is 5.91 Å². The van der Waals surface area contributed by atoms with E-state index in [0.29, 0.717) is 28.4 Å². The average molecular weight is 413 g/mol. The summed E-state index contributed by atoms with van der Waals surface area (Å²) in [4.78, 5) is 25.7. The smallest absolute Gasteiger partial charge is 0.256 e. The topological polar surface area (TPSA) is 93.8 Å². The summed E-state index contributed by atoms with van der Waals surface area (Å²) in [6.45, 7) is 1.94. The first-order valence-electron chi connectivity index (χ1n) is 9.17. The molecule has 5 aromatic rings. The van der Waals surface area contributed by atoms with Gasteiger partial charge in [-0.05, 0) is 48.9 Å². The lowest BCUT2D eigenvalue weighted by Gasteiger charge is -2.04. The first-order chi connectivity index (χ1) is 14.7. The molecule has 0 aliphatic rings. The van der Waals surface area contributed by atoms with Gasteiger partial charge >= 0.3 is 0 Å². The summed E-state index contributed by atoms with van der Waals surface area (Å²) < 4.78 is 5.44. The van der Waals surface area contributed by atoms with Crippen molar-refractivity contribution in [3.63, 3.8) is 0 Å². The van der Waals surface area contributed by atoms with Crippen LogP contribution in [0.25, 0.3) is 32.9 Å². The van der Waals surface area contributed by atoms with Crippen LogP contribution in [0.1, 0.15) is 15.9 Å². The van der Waals surface area contributed by atoms with Crippen LogP contribution in [0, 0.1) is 6.92 Å². The van der Waals surface area contributed by atoms with Gasteiger partial charge in [-0.2, -0.15) is 0 Å². The fourth-order valence-corrected chi connectivity index (χ4v) is 3.79. The number of carbonyl (C=O) groups excluding carboxylic acids is 1. The Kier molecular flexibility index (Phi) is 4.53. The fourth-order valence-electron chi connectivity index (χ4n) is 3.00. The maximum absolute atomic E-state index is 12.7. The molecule has 0 spiro atoms. The Bertz CT molecular complexity index is 1340. The Hall–Kier alpha value is -3.91. The molecule has 1 aromatic carbocycles. The van der Waals surface area contributed by atoms with Crippen LogP contribution in [-0.2, 0) is 0 Å². The van der Waals surface area contributed by atoms with Crippen LogP contribution in [0.3, 0.4) is 0 Å². The van der Waals surface area contributed by atoms with Crippen molar-refractivity contribution in [3.8, 4) is 22.0 Å². The SMILES string of the molecule is Cc1ccc(NC(=O)c2ccc3onc(-c4csc(-c5cccnc5)n4)c3c2)nc1. The van der Waals surface area contributed by atoms with E-state index in [1.54, 1.807) is 42.9 Å². The zero-order valence-electron chi connectivity index (χ0n) is 15.9. The number of aromatic nitrogens is 4. The molecule has 4 aromatic heterocycles. The molecule has 0 bridgehead atoms. The molecule has 0 saturated heterocycles. The minimum atomic E-state index is -0.255. The van der Waals surface area contributed by atoms with Gasteiger partial charge in [0.25, 0.3) is 5.91 Å². The second kappa shape index (κ2) is 7.49. The number of amides is 1. The van der Waals surface area contributed by atoms with Crippen LogP contribution in [0.2, 0.25) is 0 Å². The van der Waals surface area contributed by atoms with Gasteiger partial charge in [0.2, 0.25) is 0 Å². The Labute approximate surface area is 175 Å². The van der Waals surface area contributed by atoms with Crippen molar-refractivity contribution in [1.82, 2.24) is 20.1 Å². The second-order valence-electron chi connectivity index (χ2n) is 6.70. The maximum Gasteiger partial charge on any atom is 0.256 e. The van der Waals surface area contributed by atoms with Crippen molar-refractivity contribution >= 4 is 34.0 Å². The average Bonchev–Trinajstić information content (AvgIpc) is 3.42. The predicted octanol–water partition coefficient (Wildman–Crippen LogP) is 4.97. The van der Waals surface area contributed by atoms with Gasteiger partial charge in [0.1, 0.15) is 22.2 Å². The van der Waals surface area contributed by atoms with Crippen LogP contribution in [-0.4, -0.2) is 26.0 Å². The molecule has 0 aliphatic carbocycles. The van der Waals surface area contributed by atoms with Crippen LogP contribution in [0.5, 0.6) is 0 Å². The number of rotatable bonds is 4. The fraction of sp³-hybridized carbons (Fsp3) is 0.0455. The monoisotopic (exact) mass is 413 g/mol. The normalized spacial score (nSPS) is 11.0. The molecule has 30 heavy (non-hydrogen) atoms. The molecule has 0 aliphatic heterocycles. The van der Waals surface area contributed by atoms with Gasteiger partial charge < -0.3 is 9.84 Å². The highest BCUT2D eigenvalue weighted by Crippen LogP contribution is 2.32. The number of hydrogen-bond acceptors (Lipinski definition) is 7. The summed E-state index contributed by atoms with van der Waals surface area (Å²) in [5.41, 5.74) is 4.32. The number of pyridine rings is 2. The number of nitrogens with one attached hydrogen (secondary N) is 1. The lowest BCUT2D eigenvalue weighted by molar-refractivity contribution is 0.102. The molecular formula is C22H15N5O2S. The van der Waals surface area contributed by atoms with E-state index in [1.807, 2.05) is 30.5 Å². The first kappa shape index (κ1) is 18.1. The quantitative estimate of drug-likeness (QED) is 0.447. The minimum absolute atomic E-state index is 0.255. The maximum atomic E-state index is 12.7. The van der Waals surface area contributed by atoms with Crippen molar-refractivity contribution in [1.29, 1.82) is 0 Å². The van der Waals surface area contributed by atoms with Crippen molar-refractivity contribution < 1.29 is 9.32 Å². The Morgan fingerprint density at radius 3 is 2.87 bits per heavy atom. The van der Waals surface area contributed by atoms with Gasteiger partial charge in [-0.15, -0.1) is 11.3 Å². The van der Waals surface area contributed by atoms with E-state index in [0.717, 1.165) is 21.5 Å². The highest BCUT2D eigenvalue weighted by molar-refractivity contribution is 7.13. The van der Waals surface area contributed by atoms with Gasteiger partial charge in [-0.3, -0.25) is 9.78 Å². The summed E-state index contributed by atoms with van der Waals surface area (Å²) >= 11 is 1.50. The summed E-state index contributed by atoms with van der Waals surface area (Å²) in [5.74, 6) is 0.242. The number of fused-ring (bicyclic) bond motifs is 1. The van der Waals surface area contributed by atoms with Crippen LogP contribution >= 0.6 is 11.3 Å². The lowest BCUT2D eigenvalue weighted by atomic mass is 10.1. The summed E-state index contributed by atoms with van der Waals surface area (Å²) in [6, 6.07) is 12.7. The molecule has 7 nitrogen and oxygen atoms in total. The van der Waals surface area contributed by atoms with E-state index in [1.165, 1.54) is 11.3 Å². The highest BCUT2D eigenvalue weighted by Gasteiger charge is 2.17. The number of benzene rings is 1. The second-order valence-corrected chi connectivity index (χ2v) is 7.55. The molecule has 1 amide bonds. The molecule has 0 atom stereocenters. The lowest BCUT2D eigenvalue weighted by Crippen LogP contribution is -2.12. The van der Waals surface area contributed by atoms with Crippen molar-refractivity contribution in [2.24, 2.45) is 0 Å². The molecule has 4 heterocycles. The largest absolute Gasteiger partial charge is 0.356 e. The number of anilines is 1. The van der Waals surface area contributed by atoms with Gasteiger partial charge in [0.15, 0.2) is 5.58 Å². The van der Waals surface area contributed by atoms with E-state index in [2.05, 4.69) is 25.4 Å². The highest BCUT2D eigenvalue weighted by atomic mass is 32.1. The van der Waals surface area contributed by atoms with Crippen molar-refractivity contribution in [2.75, 3.05) is 5.32 Å². The molecule has 146 valence electrons. The van der Waals surface area contributed by atoms with E-state index in [9.17, 15) is 4.79 Å². The third-order valence-corrected chi connectivity index (χ3v) is 5.43. The molecule has 8 heteroatoms. The molecule has 5 rings (SSSR count). The predicted molar refractivity (Wildman–Crippen MR) is 115 cm³/mol. The van der Waals surface area contributed by atoms with Crippen LogP contribution in [0.4, 0.5) is 5.82 Å². The van der Waals surface area contributed by atoms with Gasteiger partial charge in [0.05, 0.1) is 5.39 Å². The molecule has 0 unspecified atom stereocenters. The van der Waals surface area contributed by atoms with Gasteiger partial charge in [-0.25, -0.2) is 9.97 Å². The van der Waals surface area contributed by atoms with Gasteiger partial charge in [-0.1, -0.05) is 11.2 Å². The third-order valence-electron chi connectivity index (χ3n) is 4.54. The van der Waals surface area contributed by atoms with Crippen molar-refractivity contribution in [2.45, 2.75) is 6.92 Å². The zero-order valence-corrected chi connectivity index (χ0v) is 16.7. The number of aryl methyl sites for hydroxylation is 1. The van der Waals surface area contributed by atoms with E-state index in [4.69, 9.17) is 4.52 Å². The molecular weight excluding hydrogens is 398 g/mol. The van der Waals surface area contributed by atoms with Gasteiger partial charge in [0, 0.05) is 35.1 Å². The van der Waals surface area contributed by atoms with Crippen LogP contribution in [0.15, 0.2) is 71.0 Å². The Morgan fingerprint density at radius 1 is 1.13 bits per heavy atom. The van der Waals surface area contributed by atoms with E-state index >= 15 is 0 Å². The van der Waals surface area contributed by atoms with Crippen LogP contribution < -0.4 is 5.32 Å². The third kappa shape index (κ3) is 3.44. The summed E-state index contributed by atoms with van der Waals surface area (Å²) in [5, 5.41) is 10.5. The molecule has 0 radical (unpaired) electrons. The van der Waals surface area contributed by atoms with Crippen molar-refractivity contribution in [3.05, 3.63) is 77.6 Å². The number of carbonyl (C=O) groups is 1. The molecule has 1 N–H and O–H groups in total. The summed E-state index contributed by atoms with van der Waals surface area (Å²) in [6.07, 6.45) is 5.20. The number of nitrogens with zero attached hydrogens (tertiary/aromatic N) is 4. The molecule has 0 saturated carbocycles. The number of hydrogen-bond donors (Lipinski definition) is 1. The zero-order chi connectivity index (χ0) is 20.5. The first-order valence-corrected chi connectivity index (χ1v) is 10.0. The van der Waals surface area contributed by atoms with E-state index < -0.39 is 0 Å². The summed E-state index contributed by atoms with van der Waals surface area (Å²) in [7, 11) is 0.